The van der Waals surface area contributed by atoms with Crippen molar-refractivity contribution in [3.63, 3.8) is 0 Å². The van der Waals surface area contributed by atoms with Crippen molar-refractivity contribution < 1.29 is 9.26 Å². The summed E-state index contributed by atoms with van der Waals surface area (Å²) in [5.74, 6) is 1.54. The molecule has 8 nitrogen and oxygen atoms in total. The lowest BCUT2D eigenvalue weighted by Gasteiger charge is -2.09. The molecule has 25 heavy (non-hydrogen) atoms. The molecule has 3 rings (SSSR count). The van der Waals surface area contributed by atoms with E-state index < -0.39 is 0 Å². The van der Waals surface area contributed by atoms with Gasteiger partial charge in [-0.3, -0.25) is 0 Å². The van der Waals surface area contributed by atoms with E-state index in [1.807, 2.05) is 30.3 Å². The van der Waals surface area contributed by atoms with E-state index in [-0.39, 0.29) is 6.04 Å². The summed E-state index contributed by atoms with van der Waals surface area (Å²) in [4.78, 5) is 4.36. The minimum absolute atomic E-state index is 0.178. The summed E-state index contributed by atoms with van der Waals surface area (Å²) in [6, 6.07) is 10.8. The normalized spacial score (nSPS) is 12.1. The number of hydrogen-bond acceptors (Lipinski definition) is 8. The Labute approximate surface area is 145 Å². The maximum Gasteiger partial charge on any atom is 0.278 e. The van der Waals surface area contributed by atoms with Gasteiger partial charge in [-0.05, 0) is 55.8 Å². The van der Waals surface area contributed by atoms with Crippen LogP contribution in [0, 0.1) is 0 Å². The first kappa shape index (κ1) is 17.0. The Balaban J connectivity index is 1.75. The average molecular weight is 340 g/mol. The van der Waals surface area contributed by atoms with E-state index in [1.54, 1.807) is 13.2 Å². The van der Waals surface area contributed by atoms with Crippen LogP contribution in [0.25, 0.3) is 23.0 Å². The second-order valence-electron chi connectivity index (χ2n) is 5.53. The third-order valence-corrected chi connectivity index (χ3v) is 3.78. The summed E-state index contributed by atoms with van der Waals surface area (Å²) >= 11 is 0. The van der Waals surface area contributed by atoms with Gasteiger partial charge in [0.2, 0.25) is 5.82 Å². The van der Waals surface area contributed by atoms with E-state index in [9.17, 15) is 0 Å². The summed E-state index contributed by atoms with van der Waals surface area (Å²) < 4.78 is 10.4. The Morgan fingerprint density at radius 1 is 1.12 bits per heavy atom. The Morgan fingerprint density at radius 3 is 2.56 bits per heavy atom. The fourth-order valence-corrected chi connectivity index (χ4v) is 2.32. The number of benzene rings is 1. The molecule has 1 unspecified atom stereocenters. The molecule has 2 heterocycles. The molecular weight excluding hydrogens is 320 g/mol. The number of nitrogens with two attached hydrogens (primary N) is 2. The van der Waals surface area contributed by atoms with Crippen LogP contribution < -0.4 is 16.2 Å². The van der Waals surface area contributed by atoms with Crippen LogP contribution >= 0.6 is 0 Å². The number of ether oxygens (including phenoxy) is 1. The summed E-state index contributed by atoms with van der Waals surface area (Å²) in [7, 11) is 1.62. The van der Waals surface area contributed by atoms with Crippen molar-refractivity contribution in [2.24, 2.45) is 11.5 Å². The molecule has 130 valence electrons. The molecule has 0 amide bonds. The van der Waals surface area contributed by atoms with Gasteiger partial charge in [-0.25, -0.2) is 0 Å². The molecule has 0 saturated heterocycles. The Bertz CT molecular complexity index is 801. The van der Waals surface area contributed by atoms with Gasteiger partial charge in [0.1, 0.15) is 5.75 Å². The summed E-state index contributed by atoms with van der Waals surface area (Å²) in [5, 5.41) is 12.3. The van der Waals surface area contributed by atoms with Gasteiger partial charge in [0.05, 0.1) is 12.8 Å². The molecule has 0 aliphatic heterocycles. The van der Waals surface area contributed by atoms with Crippen molar-refractivity contribution in [2.75, 3.05) is 13.7 Å². The minimum atomic E-state index is -0.178. The van der Waals surface area contributed by atoms with Crippen molar-refractivity contribution in [3.8, 4) is 28.7 Å². The van der Waals surface area contributed by atoms with Gasteiger partial charge in [0.25, 0.3) is 5.89 Å². The first-order chi connectivity index (χ1) is 12.2. The summed E-state index contributed by atoms with van der Waals surface area (Å²) in [6.45, 7) is 0.606. The van der Waals surface area contributed by atoms with Crippen LogP contribution in [0.2, 0.25) is 0 Å². The van der Waals surface area contributed by atoms with Gasteiger partial charge in [-0.2, -0.15) is 10.1 Å². The molecule has 2 aromatic heterocycles. The molecule has 3 aromatic rings. The highest BCUT2D eigenvalue weighted by Crippen LogP contribution is 2.23. The predicted octanol–water partition coefficient (Wildman–Crippen LogP) is 1.94. The second kappa shape index (κ2) is 7.82. The maximum absolute atomic E-state index is 6.05. The molecule has 1 aromatic carbocycles. The highest BCUT2D eigenvalue weighted by Gasteiger charge is 2.14. The van der Waals surface area contributed by atoms with Crippen LogP contribution in [-0.2, 0) is 0 Å². The average Bonchev–Trinajstić information content (AvgIpc) is 3.16. The third-order valence-electron chi connectivity index (χ3n) is 3.78. The Kier molecular flexibility index (Phi) is 5.32. The molecule has 0 radical (unpaired) electrons. The molecule has 0 bridgehead atoms. The van der Waals surface area contributed by atoms with Crippen LogP contribution in [0.1, 0.15) is 24.6 Å². The Hall–Kier alpha value is -2.84. The van der Waals surface area contributed by atoms with Crippen molar-refractivity contribution in [1.29, 1.82) is 0 Å². The quantitative estimate of drug-likeness (QED) is 0.668. The van der Waals surface area contributed by atoms with Crippen LogP contribution in [0.4, 0.5) is 0 Å². The fraction of sp³-hybridized carbons (Fsp3) is 0.294. The number of hydrogen-bond donors (Lipinski definition) is 2. The van der Waals surface area contributed by atoms with Gasteiger partial charge in [-0.15, -0.1) is 5.10 Å². The van der Waals surface area contributed by atoms with Crippen LogP contribution in [0.5, 0.6) is 5.75 Å². The molecule has 8 heteroatoms. The second-order valence-corrected chi connectivity index (χ2v) is 5.53. The smallest absolute Gasteiger partial charge is 0.278 e. The topological polar surface area (TPSA) is 126 Å². The fourth-order valence-electron chi connectivity index (χ4n) is 2.32. The minimum Gasteiger partial charge on any atom is -0.497 e. The van der Waals surface area contributed by atoms with E-state index in [0.717, 1.165) is 24.2 Å². The maximum atomic E-state index is 6.05. The monoisotopic (exact) mass is 340 g/mol. The van der Waals surface area contributed by atoms with E-state index in [0.29, 0.717) is 29.6 Å². The first-order valence-electron chi connectivity index (χ1n) is 7.99. The van der Waals surface area contributed by atoms with Crippen LogP contribution in [-0.4, -0.2) is 34.0 Å². The van der Waals surface area contributed by atoms with Crippen LogP contribution in [0.15, 0.2) is 40.9 Å². The molecule has 0 aliphatic carbocycles. The first-order valence-corrected chi connectivity index (χ1v) is 7.99. The summed E-state index contributed by atoms with van der Waals surface area (Å²) in [6.07, 6.45) is 1.62. The van der Waals surface area contributed by atoms with E-state index in [1.165, 1.54) is 0 Å². The zero-order valence-corrected chi connectivity index (χ0v) is 13.9. The molecule has 0 spiro atoms. The molecule has 1 atom stereocenters. The highest BCUT2D eigenvalue weighted by molar-refractivity contribution is 5.58. The largest absolute Gasteiger partial charge is 0.497 e. The van der Waals surface area contributed by atoms with Gasteiger partial charge >= 0.3 is 0 Å². The lowest BCUT2D eigenvalue weighted by Crippen LogP contribution is -2.14. The van der Waals surface area contributed by atoms with Crippen molar-refractivity contribution in [1.82, 2.24) is 20.3 Å². The predicted molar refractivity (Wildman–Crippen MR) is 92.5 cm³/mol. The van der Waals surface area contributed by atoms with Crippen molar-refractivity contribution >= 4 is 0 Å². The van der Waals surface area contributed by atoms with Crippen LogP contribution in [0.3, 0.4) is 0 Å². The number of methoxy groups -OCH3 is 1. The third kappa shape index (κ3) is 3.98. The van der Waals surface area contributed by atoms with Crippen molar-refractivity contribution in [2.45, 2.75) is 18.9 Å². The van der Waals surface area contributed by atoms with E-state index in [2.05, 4.69) is 20.3 Å². The lowest BCUT2D eigenvalue weighted by molar-refractivity contribution is 0.414. The molecule has 0 aliphatic rings. The van der Waals surface area contributed by atoms with Crippen molar-refractivity contribution in [3.05, 3.63) is 42.1 Å². The number of nitrogens with zero attached hydrogens (tertiary/aromatic N) is 4. The molecule has 0 fully saturated rings. The standard InChI is InChI=1S/C17H20N6O2/c1-24-12-6-4-11(5-7-12)16-20-17(25-23-16)15-9-8-14(21-22-15)13(19)3-2-10-18/h4-9,13H,2-3,10,18-19H2,1H3. The zero-order valence-electron chi connectivity index (χ0n) is 13.9. The number of aromatic nitrogens is 4. The van der Waals surface area contributed by atoms with Gasteiger partial charge in [0, 0.05) is 11.6 Å². The van der Waals surface area contributed by atoms with E-state index in [4.69, 9.17) is 20.7 Å². The highest BCUT2D eigenvalue weighted by atomic mass is 16.5. The molecule has 4 N–H and O–H groups in total. The van der Waals surface area contributed by atoms with Gasteiger partial charge < -0.3 is 20.7 Å². The SMILES string of the molecule is COc1ccc(-c2noc(-c3ccc(C(N)CCCN)nn3)n2)cc1. The Morgan fingerprint density at radius 2 is 1.92 bits per heavy atom. The van der Waals surface area contributed by atoms with E-state index >= 15 is 0 Å². The van der Waals surface area contributed by atoms with Gasteiger partial charge in [-0.1, -0.05) is 5.16 Å². The van der Waals surface area contributed by atoms with Gasteiger partial charge in [0.15, 0.2) is 5.69 Å². The molecular formula is C17H20N6O2. The lowest BCUT2D eigenvalue weighted by atomic mass is 10.1. The molecule has 0 saturated carbocycles. The zero-order chi connectivity index (χ0) is 17.6. The number of rotatable bonds is 7. The summed E-state index contributed by atoms with van der Waals surface area (Å²) in [5.41, 5.74) is 13.6.